The van der Waals surface area contributed by atoms with E-state index in [2.05, 4.69) is 10.1 Å². The normalized spacial score (nSPS) is 18.7. The number of hydrogen-bond donors (Lipinski definition) is 1. The van der Waals surface area contributed by atoms with Gasteiger partial charge in [0.2, 0.25) is 10.0 Å². The van der Waals surface area contributed by atoms with Crippen molar-refractivity contribution in [2.75, 3.05) is 33.0 Å². The molecular formula is C9H18N2O4S. The summed E-state index contributed by atoms with van der Waals surface area (Å²) in [6, 6.07) is -0.102. The van der Waals surface area contributed by atoms with E-state index in [4.69, 9.17) is 0 Å². The predicted octanol–water partition coefficient (Wildman–Crippen LogP) is -0.827. The van der Waals surface area contributed by atoms with Crippen LogP contribution in [0.4, 0.5) is 0 Å². The van der Waals surface area contributed by atoms with Crippen LogP contribution in [0.25, 0.3) is 0 Å². The molecule has 1 aliphatic heterocycles. The lowest BCUT2D eigenvalue weighted by Crippen LogP contribution is -2.47. The first-order chi connectivity index (χ1) is 7.45. The standard InChI is InChI=1S/C9H18N2O4S/c1-15-9(12)7-11(16(2,13)14)8-3-5-10-6-4-8/h8,10H,3-7H2,1-2H3. The van der Waals surface area contributed by atoms with Crippen LogP contribution in [0, 0.1) is 0 Å². The monoisotopic (exact) mass is 250 g/mol. The first-order valence-electron chi connectivity index (χ1n) is 5.19. The van der Waals surface area contributed by atoms with E-state index in [-0.39, 0.29) is 12.6 Å². The summed E-state index contributed by atoms with van der Waals surface area (Å²) in [6.07, 6.45) is 2.58. The fourth-order valence-corrected chi connectivity index (χ4v) is 2.90. The summed E-state index contributed by atoms with van der Waals surface area (Å²) in [5.41, 5.74) is 0. The van der Waals surface area contributed by atoms with Crippen LogP contribution in [0.15, 0.2) is 0 Å². The first kappa shape index (κ1) is 13.4. The van der Waals surface area contributed by atoms with E-state index in [1.807, 2.05) is 0 Å². The van der Waals surface area contributed by atoms with Crippen molar-refractivity contribution >= 4 is 16.0 Å². The van der Waals surface area contributed by atoms with Crippen LogP contribution >= 0.6 is 0 Å². The van der Waals surface area contributed by atoms with E-state index in [1.54, 1.807) is 0 Å². The molecule has 1 fully saturated rings. The molecule has 1 heterocycles. The second-order valence-corrected chi connectivity index (χ2v) is 5.80. The maximum atomic E-state index is 11.6. The quantitative estimate of drug-likeness (QED) is 0.659. The number of hydrogen-bond acceptors (Lipinski definition) is 5. The Hall–Kier alpha value is -0.660. The molecular weight excluding hydrogens is 232 g/mol. The van der Waals surface area contributed by atoms with Crippen LogP contribution in [-0.4, -0.2) is 57.7 Å². The Labute approximate surface area is 96.0 Å². The molecule has 6 nitrogen and oxygen atoms in total. The van der Waals surface area contributed by atoms with Crippen molar-refractivity contribution in [1.82, 2.24) is 9.62 Å². The third-order valence-corrected chi connectivity index (χ3v) is 3.93. The van der Waals surface area contributed by atoms with Gasteiger partial charge in [0.25, 0.3) is 0 Å². The van der Waals surface area contributed by atoms with Gasteiger partial charge >= 0.3 is 5.97 Å². The van der Waals surface area contributed by atoms with Gasteiger partial charge in [-0.2, -0.15) is 4.31 Å². The molecule has 1 rings (SSSR count). The molecule has 0 saturated carbocycles. The number of carbonyl (C=O) groups is 1. The number of piperidine rings is 1. The number of sulfonamides is 1. The Morgan fingerprint density at radius 3 is 2.44 bits per heavy atom. The van der Waals surface area contributed by atoms with Crippen LogP contribution in [0.2, 0.25) is 0 Å². The highest BCUT2D eigenvalue weighted by molar-refractivity contribution is 7.88. The zero-order valence-corrected chi connectivity index (χ0v) is 10.4. The summed E-state index contributed by atoms with van der Waals surface area (Å²) in [5.74, 6) is -0.524. The minimum absolute atomic E-state index is 0.102. The molecule has 0 radical (unpaired) electrons. The van der Waals surface area contributed by atoms with Crippen molar-refractivity contribution in [2.45, 2.75) is 18.9 Å². The minimum Gasteiger partial charge on any atom is -0.468 e. The number of rotatable bonds is 4. The molecule has 16 heavy (non-hydrogen) atoms. The van der Waals surface area contributed by atoms with Gasteiger partial charge < -0.3 is 10.1 Å². The Morgan fingerprint density at radius 2 is 2.00 bits per heavy atom. The molecule has 1 saturated heterocycles. The zero-order chi connectivity index (χ0) is 12.2. The summed E-state index contributed by atoms with van der Waals surface area (Å²) in [5, 5.41) is 3.15. The van der Waals surface area contributed by atoms with Gasteiger partial charge in [-0.15, -0.1) is 0 Å². The van der Waals surface area contributed by atoms with Crippen LogP contribution in [0.5, 0.6) is 0 Å². The third-order valence-electron chi connectivity index (χ3n) is 2.65. The molecule has 0 aromatic heterocycles. The fraction of sp³-hybridized carbons (Fsp3) is 0.889. The van der Waals surface area contributed by atoms with Crippen molar-refractivity contribution in [3.8, 4) is 0 Å². The molecule has 0 aliphatic carbocycles. The molecule has 0 unspecified atom stereocenters. The summed E-state index contributed by atoms with van der Waals surface area (Å²) < 4.78 is 28.9. The lowest BCUT2D eigenvalue weighted by atomic mass is 10.1. The lowest BCUT2D eigenvalue weighted by Gasteiger charge is -2.31. The van der Waals surface area contributed by atoms with Gasteiger partial charge in [0.1, 0.15) is 6.54 Å². The van der Waals surface area contributed by atoms with Crippen LogP contribution in [0.1, 0.15) is 12.8 Å². The highest BCUT2D eigenvalue weighted by Gasteiger charge is 2.29. The smallest absolute Gasteiger partial charge is 0.321 e. The molecule has 7 heteroatoms. The van der Waals surface area contributed by atoms with E-state index in [0.717, 1.165) is 32.2 Å². The van der Waals surface area contributed by atoms with Crippen molar-refractivity contribution in [1.29, 1.82) is 0 Å². The van der Waals surface area contributed by atoms with Crippen molar-refractivity contribution in [3.05, 3.63) is 0 Å². The highest BCUT2D eigenvalue weighted by Crippen LogP contribution is 2.15. The van der Waals surface area contributed by atoms with E-state index < -0.39 is 16.0 Å². The van der Waals surface area contributed by atoms with Gasteiger partial charge in [0.15, 0.2) is 0 Å². The maximum Gasteiger partial charge on any atom is 0.321 e. The van der Waals surface area contributed by atoms with Crippen LogP contribution in [-0.2, 0) is 19.6 Å². The third kappa shape index (κ3) is 3.73. The number of nitrogens with one attached hydrogen (secondary N) is 1. The van der Waals surface area contributed by atoms with Gasteiger partial charge in [-0.1, -0.05) is 0 Å². The van der Waals surface area contributed by atoms with Gasteiger partial charge in [0, 0.05) is 6.04 Å². The molecule has 1 N–H and O–H groups in total. The van der Waals surface area contributed by atoms with Gasteiger partial charge in [0.05, 0.1) is 13.4 Å². The summed E-state index contributed by atoms with van der Waals surface area (Å²) in [6.45, 7) is 1.36. The number of methoxy groups -OCH3 is 1. The lowest BCUT2D eigenvalue weighted by molar-refractivity contribution is -0.141. The Kier molecular flexibility index (Phi) is 4.69. The SMILES string of the molecule is COC(=O)CN(C1CCNCC1)S(C)(=O)=O. The Bertz CT molecular complexity index is 335. The number of nitrogens with zero attached hydrogens (tertiary/aromatic N) is 1. The molecule has 0 atom stereocenters. The zero-order valence-electron chi connectivity index (χ0n) is 9.60. The Balaban J connectivity index is 2.74. The van der Waals surface area contributed by atoms with E-state index >= 15 is 0 Å². The topological polar surface area (TPSA) is 75.7 Å². The largest absolute Gasteiger partial charge is 0.468 e. The summed E-state index contributed by atoms with van der Waals surface area (Å²) >= 11 is 0. The van der Waals surface area contributed by atoms with E-state index in [0.29, 0.717) is 0 Å². The molecule has 0 aromatic rings. The second kappa shape index (κ2) is 5.60. The van der Waals surface area contributed by atoms with Crippen molar-refractivity contribution in [3.63, 3.8) is 0 Å². The number of esters is 1. The molecule has 0 spiro atoms. The average molecular weight is 250 g/mol. The maximum absolute atomic E-state index is 11.6. The summed E-state index contributed by atoms with van der Waals surface area (Å²) in [7, 11) is -2.11. The molecule has 1 aliphatic rings. The molecule has 0 bridgehead atoms. The van der Waals surface area contributed by atoms with Crippen LogP contribution in [0.3, 0.4) is 0 Å². The minimum atomic E-state index is -3.36. The number of ether oxygens (including phenoxy) is 1. The number of carbonyl (C=O) groups excluding carboxylic acids is 1. The van der Waals surface area contributed by atoms with Crippen molar-refractivity contribution < 1.29 is 17.9 Å². The Morgan fingerprint density at radius 1 is 1.44 bits per heavy atom. The van der Waals surface area contributed by atoms with Gasteiger partial charge in [-0.05, 0) is 25.9 Å². The predicted molar refractivity (Wildman–Crippen MR) is 59.5 cm³/mol. The van der Waals surface area contributed by atoms with Crippen molar-refractivity contribution in [2.24, 2.45) is 0 Å². The second-order valence-electron chi connectivity index (χ2n) is 3.87. The highest BCUT2D eigenvalue weighted by atomic mass is 32.2. The average Bonchev–Trinajstić information content (AvgIpc) is 2.25. The van der Waals surface area contributed by atoms with Gasteiger partial charge in [-0.3, -0.25) is 4.79 Å². The molecule has 94 valence electrons. The van der Waals surface area contributed by atoms with Crippen LogP contribution < -0.4 is 5.32 Å². The summed E-state index contributed by atoms with van der Waals surface area (Å²) in [4.78, 5) is 11.2. The molecule has 0 aromatic carbocycles. The fourth-order valence-electron chi connectivity index (χ4n) is 1.80. The van der Waals surface area contributed by atoms with E-state index in [9.17, 15) is 13.2 Å². The van der Waals surface area contributed by atoms with Gasteiger partial charge in [-0.25, -0.2) is 8.42 Å². The molecule has 0 amide bonds. The van der Waals surface area contributed by atoms with E-state index in [1.165, 1.54) is 11.4 Å². The first-order valence-corrected chi connectivity index (χ1v) is 7.04.